The molecule has 8 heteroatoms. The number of ether oxygens (including phenoxy) is 1. The van der Waals surface area contributed by atoms with E-state index in [2.05, 4.69) is 0 Å². The molecule has 0 bridgehead atoms. The molecule has 150 valence electrons. The first-order valence-electron chi connectivity index (χ1n) is 9.34. The summed E-state index contributed by atoms with van der Waals surface area (Å²) in [6.07, 6.45) is 0.124. The Morgan fingerprint density at radius 1 is 0.964 bits per heavy atom. The van der Waals surface area contributed by atoms with E-state index in [1.807, 2.05) is 24.3 Å². The molecule has 1 aliphatic rings. The third-order valence-corrected chi connectivity index (χ3v) is 6.69. The molecule has 3 rings (SSSR count). The van der Waals surface area contributed by atoms with Crippen LogP contribution < -0.4 is 0 Å². The largest absolute Gasteiger partial charge is 0.466 e. The van der Waals surface area contributed by atoms with Gasteiger partial charge in [0.2, 0.25) is 15.9 Å². The Hall–Kier alpha value is -2.45. The molecule has 0 N–H and O–H groups in total. The fraction of sp³-hybridized carbons (Fsp3) is 0.400. The van der Waals surface area contributed by atoms with Crippen molar-refractivity contribution >= 4 is 32.7 Å². The van der Waals surface area contributed by atoms with Gasteiger partial charge in [-0.05, 0) is 29.8 Å². The highest BCUT2D eigenvalue weighted by molar-refractivity contribution is 7.89. The first-order chi connectivity index (χ1) is 13.4. The Kier molecular flexibility index (Phi) is 6.31. The normalized spacial score (nSPS) is 15.5. The maximum Gasteiger partial charge on any atom is 0.306 e. The van der Waals surface area contributed by atoms with E-state index in [9.17, 15) is 18.0 Å². The van der Waals surface area contributed by atoms with Crippen LogP contribution in [0.3, 0.4) is 0 Å². The van der Waals surface area contributed by atoms with E-state index >= 15 is 0 Å². The topological polar surface area (TPSA) is 84.0 Å². The van der Waals surface area contributed by atoms with Gasteiger partial charge in [-0.15, -0.1) is 0 Å². The second-order valence-electron chi connectivity index (χ2n) is 6.60. The van der Waals surface area contributed by atoms with Crippen molar-refractivity contribution in [3.8, 4) is 0 Å². The van der Waals surface area contributed by atoms with Crippen LogP contribution in [0.2, 0.25) is 0 Å². The van der Waals surface area contributed by atoms with Gasteiger partial charge in [-0.1, -0.05) is 30.3 Å². The molecule has 1 saturated heterocycles. The third kappa shape index (κ3) is 4.51. The molecule has 28 heavy (non-hydrogen) atoms. The van der Waals surface area contributed by atoms with Crippen molar-refractivity contribution in [1.82, 2.24) is 9.21 Å². The van der Waals surface area contributed by atoms with Crippen molar-refractivity contribution in [2.75, 3.05) is 32.8 Å². The number of esters is 1. The zero-order chi connectivity index (χ0) is 20.1. The molecule has 0 unspecified atom stereocenters. The summed E-state index contributed by atoms with van der Waals surface area (Å²) in [5, 5.41) is 1.86. The second-order valence-corrected chi connectivity index (χ2v) is 8.54. The number of nitrogens with zero attached hydrogens (tertiary/aromatic N) is 2. The van der Waals surface area contributed by atoms with Crippen LogP contribution >= 0.6 is 0 Å². The molecule has 0 saturated carbocycles. The minimum atomic E-state index is -3.61. The second kappa shape index (κ2) is 8.70. The van der Waals surface area contributed by atoms with Gasteiger partial charge in [-0.2, -0.15) is 4.31 Å². The lowest BCUT2D eigenvalue weighted by Crippen LogP contribution is -2.50. The number of carbonyl (C=O) groups excluding carboxylic acids is 2. The molecular formula is C20H24N2O5S. The first-order valence-corrected chi connectivity index (χ1v) is 10.8. The number of fused-ring (bicyclic) bond motifs is 1. The van der Waals surface area contributed by atoms with E-state index in [1.165, 1.54) is 4.31 Å². The summed E-state index contributed by atoms with van der Waals surface area (Å²) in [5.74, 6) is -0.552. The number of carbonyl (C=O) groups is 2. The molecule has 2 aromatic carbocycles. The summed E-state index contributed by atoms with van der Waals surface area (Å²) in [6.45, 7) is 3.11. The van der Waals surface area contributed by atoms with Crippen molar-refractivity contribution in [2.24, 2.45) is 0 Å². The number of amides is 1. The first kappa shape index (κ1) is 20.3. The van der Waals surface area contributed by atoms with Gasteiger partial charge in [0.1, 0.15) is 0 Å². The standard InChI is InChI=1S/C20H24N2O5S/c1-2-27-20(24)10-9-19(23)21-11-13-22(14-12-21)28(25,26)18-8-7-16-5-3-4-6-17(16)15-18/h3-8,15H,2,9-14H2,1H3. The van der Waals surface area contributed by atoms with Gasteiger partial charge in [0.25, 0.3) is 0 Å². The van der Waals surface area contributed by atoms with E-state index in [4.69, 9.17) is 4.74 Å². The van der Waals surface area contributed by atoms with E-state index < -0.39 is 16.0 Å². The van der Waals surface area contributed by atoms with Gasteiger partial charge in [-0.25, -0.2) is 8.42 Å². The maximum absolute atomic E-state index is 13.0. The average molecular weight is 404 g/mol. The molecule has 0 spiro atoms. The van der Waals surface area contributed by atoms with Gasteiger partial charge in [0.15, 0.2) is 0 Å². The van der Waals surface area contributed by atoms with Crippen molar-refractivity contribution in [2.45, 2.75) is 24.7 Å². The summed E-state index contributed by atoms with van der Waals surface area (Å²) in [4.78, 5) is 25.5. The van der Waals surface area contributed by atoms with Crippen molar-refractivity contribution in [3.05, 3.63) is 42.5 Å². The van der Waals surface area contributed by atoms with Crippen LogP contribution in [0.25, 0.3) is 10.8 Å². The lowest BCUT2D eigenvalue weighted by atomic mass is 10.1. The lowest BCUT2D eigenvalue weighted by molar-refractivity contribution is -0.145. The minimum absolute atomic E-state index is 0.0439. The Bertz CT molecular complexity index is 965. The van der Waals surface area contributed by atoms with Crippen LogP contribution in [0.1, 0.15) is 19.8 Å². The Balaban J connectivity index is 1.61. The van der Waals surface area contributed by atoms with Gasteiger partial charge in [0.05, 0.1) is 17.9 Å². The van der Waals surface area contributed by atoms with Gasteiger partial charge in [-0.3, -0.25) is 9.59 Å². The van der Waals surface area contributed by atoms with Crippen LogP contribution in [0.5, 0.6) is 0 Å². The van der Waals surface area contributed by atoms with Crippen LogP contribution in [0.15, 0.2) is 47.4 Å². The summed E-state index contributed by atoms with van der Waals surface area (Å²) >= 11 is 0. The number of piperazine rings is 1. The molecule has 1 aliphatic heterocycles. The lowest BCUT2D eigenvalue weighted by Gasteiger charge is -2.34. The molecule has 0 aliphatic carbocycles. The monoisotopic (exact) mass is 404 g/mol. The SMILES string of the molecule is CCOC(=O)CCC(=O)N1CCN(S(=O)(=O)c2ccc3ccccc3c2)CC1. The highest BCUT2D eigenvalue weighted by Gasteiger charge is 2.30. The molecule has 7 nitrogen and oxygen atoms in total. The number of sulfonamides is 1. The smallest absolute Gasteiger partial charge is 0.306 e. The summed E-state index contributed by atoms with van der Waals surface area (Å²) in [6, 6.07) is 12.7. The zero-order valence-corrected chi connectivity index (χ0v) is 16.7. The summed E-state index contributed by atoms with van der Waals surface area (Å²) in [5.41, 5.74) is 0. The predicted octanol–water partition coefficient (Wildman–Crippen LogP) is 2.02. The Morgan fingerprint density at radius 2 is 1.64 bits per heavy atom. The van der Waals surface area contributed by atoms with Gasteiger partial charge >= 0.3 is 5.97 Å². The van der Waals surface area contributed by atoms with E-state index in [0.29, 0.717) is 19.7 Å². The van der Waals surface area contributed by atoms with Crippen molar-refractivity contribution < 1.29 is 22.7 Å². The molecule has 0 atom stereocenters. The number of benzene rings is 2. The van der Waals surface area contributed by atoms with Crippen molar-refractivity contribution in [3.63, 3.8) is 0 Å². The highest BCUT2D eigenvalue weighted by atomic mass is 32.2. The van der Waals surface area contributed by atoms with Crippen LogP contribution in [-0.4, -0.2) is 62.3 Å². The molecule has 1 heterocycles. The molecule has 1 amide bonds. The maximum atomic E-state index is 13.0. The Labute approximate surface area is 164 Å². The zero-order valence-electron chi connectivity index (χ0n) is 15.8. The average Bonchev–Trinajstić information content (AvgIpc) is 2.72. The number of rotatable bonds is 6. The fourth-order valence-corrected chi connectivity index (χ4v) is 4.71. The summed E-state index contributed by atoms with van der Waals surface area (Å²) in [7, 11) is -3.61. The third-order valence-electron chi connectivity index (χ3n) is 4.80. The van der Waals surface area contributed by atoms with Crippen molar-refractivity contribution in [1.29, 1.82) is 0 Å². The van der Waals surface area contributed by atoms with E-state index in [0.717, 1.165) is 10.8 Å². The van der Waals surface area contributed by atoms with Gasteiger partial charge < -0.3 is 9.64 Å². The van der Waals surface area contributed by atoms with Gasteiger partial charge in [0, 0.05) is 32.6 Å². The highest BCUT2D eigenvalue weighted by Crippen LogP contribution is 2.23. The van der Waals surface area contributed by atoms with Crippen LogP contribution in [0.4, 0.5) is 0 Å². The quantitative estimate of drug-likeness (QED) is 0.688. The molecule has 2 aromatic rings. The fourth-order valence-electron chi connectivity index (χ4n) is 3.26. The number of hydrogen-bond acceptors (Lipinski definition) is 5. The molecular weight excluding hydrogens is 380 g/mol. The molecule has 1 fully saturated rings. The Morgan fingerprint density at radius 3 is 2.32 bits per heavy atom. The predicted molar refractivity (Wildman–Crippen MR) is 105 cm³/mol. The summed E-state index contributed by atoms with van der Waals surface area (Å²) < 4.78 is 32.1. The van der Waals surface area contributed by atoms with Crippen LogP contribution in [0, 0.1) is 0 Å². The minimum Gasteiger partial charge on any atom is -0.466 e. The van der Waals surface area contributed by atoms with E-state index in [-0.39, 0.29) is 36.7 Å². The molecule has 0 aromatic heterocycles. The van der Waals surface area contributed by atoms with Crippen LogP contribution in [-0.2, 0) is 24.3 Å². The number of hydrogen-bond donors (Lipinski definition) is 0. The van der Waals surface area contributed by atoms with E-state index in [1.54, 1.807) is 30.0 Å². The molecule has 0 radical (unpaired) electrons.